The van der Waals surface area contributed by atoms with Gasteiger partial charge in [0.25, 0.3) is 0 Å². The van der Waals surface area contributed by atoms with E-state index in [-0.39, 0.29) is 32.8 Å². The van der Waals surface area contributed by atoms with Gasteiger partial charge in [0.05, 0.1) is 0 Å². The fraction of sp³-hybridized carbons (Fsp3) is 0.417. The zero-order chi connectivity index (χ0) is 13.5. The van der Waals surface area contributed by atoms with Crippen LogP contribution in [0.2, 0.25) is 0 Å². The molecule has 100 valence electrons. The van der Waals surface area contributed by atoms with Crippen molar-refractivity contribution < 1.29 is 39.7 Å². The number of hydrogen-bond donors (Lipinski definition) is 2. The molecule has 0 aromatic carbocycles. The molecule has 0 saturated heterocycles. The summed E-state index contributed by atoms with van der Waals surface area (Å²) in [4.78, 5) is 26.2. The second kappa shape index (κ2) is 8.57. The van der Waals surface area contributed by atoms with Crippen molar-refractivity contribution in [1.82, 2.24) is 10.3 Å². The molecule has 6 nitrogen and oxygen atoms in total. The number of nitrogens with one attached hydrogen (secondary N) is 1. The Labute approximate surface area is 125 Å². The predicted octanol–water partition coefficient (Wildman–Crippen LogP) is -1.47. The molecule has 1 heterocycles. The maximum Gasteiger partial charge on any atom is 1.00 e. The van der Waals surface area contributed by atoms with Crippen LogP contribution in [0.15, 0.2) is 24.5 Å². The average molecular weight is 260 g/mol. The summed E-state index contributed by atoms with van der Waals surface area (Å²) in [6.07, 6.45) is 2.44. The van der Waals surface area contributed by atoms with Crippen molar-refractivity contribution in [3.05, 3.63) is 30.1 Å². The molecule has 1 rings (SSSR count). The number of carboxylic acids is 1. The topological polar surface area (TPSA) is 88.5 Å². The Kier molecular flexibility index (Phi) is 7.88. The minimum Gasteiger partial charge on any atom is -1.00 e. The number of ether oxygens (including phenoxy) is 1. The summed E-state index contributed by atoms with van der Waals surface area (Å²) in [5.74, 6) is -1.29. The number of hydrogen-bond acceptors (Lipinski definition) is 4. The van der Waals surface area contributed by atoms with Crippen molar-refractivity contribution in [2.45, 2.75) is 26.5 Å². The predicted molar refractivity (Wildman–Crippen MR) is 64.9 cm³/mol. The van der Waals surface area contributed by atoms with Gasteiger partial charge in [-0.25, -0.2) is 9.59 Å². The van der Waals surface area contributed by atoms with E-state index in [1.165, 1.54) is 0 Å². The number of aliphatic carboxylic acids is 1. The van der Waals surface area contributed by atoms with Crippen molar-refractivity contribution in [3.63, 3.8) is 0 Å². The first kappa shape index (κ1) is 17.5. The van der Waals surface area contributed by atoms with Crippen LogP contribution in [0.1, 0.15) is 20.8 Å². The number of carboxylic acid groups (broad SMARTS) is 1. The summed E-state index contributed by atoms with van der Waals surface area (Å²) in [6.45, 7) is 3.48. The third-order valence-corrected chi connectivity index (χ3v) is 2.30. The number of pyridine rings is 1. The molecule has 0 bridgehead atoms. The van der Waals surface area contributed by atoms with Crippen LogP contribution in [-0.2, 0) is 16.1 Å². The molecule has 7 heteroatoms. The zero-order valence-electron chi connectivity index (χ0n) is 12.3. The normalized spacial score (nSPS) is 11.3. The molecule has 0 aliphatic rings. The van der Waals surface area contributed by atoms with Crippen LogP contribution in [0, 0.1) is 5.92 Å². The Hall–Kier alpha value is -1.51. The number of amides is 1. The number of nitrogens with zero attached hydrogens (tertiary/aromatic N) is 1. The number of alkyl carbamates (subject to hydrolysis) is 1. The third-order valence-electron chi connectivity index (χ3n) is 2.30. The molecule has 0 spiro atoms. The second-order valence-electron chi connectivity index (χ2n) is 4.14. The van der Waals surface area contributed by atoms with E-state index < -0.39 is 18.1 Å². The van der Waals surface area contributed by atoms with E-state index >= 15 is 0 Å². The molecular weight excluding hydrogens is 243 g/mol. The molecule has 1 aromatic rings. The van der Waals surface area contributed by atoms with Crippen LogP contribution in [0.3, 0.4) is 0 Å². The number of carbonyl (C=O) groups excluding carboxylic acids is 1. The zero-order valence-corrected chi connectivity index (χ0v) is 11.3. The Morgan fingerprint density at radius 3 is 2.68 bits per heavy atom. The summed E-state index contributed by atoms with van der Waals surface area (Å²) >= 11 is 0. The van der Waals surface area contributed by atoms with Gasteiger partial charge >= 0.3 is 30.9 Å². The molecule has 19 heavy (non-hydrogen) atoms. The smallest absolute Gasteiger partial charge is 1.00 e. The number of aromatic nitrogens is 1. The Morgan fingerprint density at radius 1 is 1.53 bits per heavy atom. The van der Waals surface area contributed by atoms with Crippen LogP contribution in [-0.4, -0.2) is 28.2 Å². The van der Waals surface area contributed by atoms with Crippen molar-refractivity contribution >= 4 is 12.1 Å². The fourth-order valence-electron chi connectivity index (χ4n) is 1.31. The summed E-state index contributed by atoms with van der Waals surface area (Å²) in [5.41, 5.74) is 0.740. The van der Waals surface area contributed by atoms with Gasteiger partial charge in [-0.3, -0.25) is 4.98 Å². The molecule has 0 aliphatic carbocycles. The Balaban J connectivity index is 0. The van der Waals surface area contributed by atoms with E-state index in [9.17, 15) is 9.59 Å². The Bertz CT molecular complexity index is 417. The fourth-order valence-corrected chi connectivity index (χ4v) is 1.31. The van der Waals surface area contributed by atoms with Crippen molar-refractivity contribution in [2.24, 2.45) is 5.92 Å². The van der Waals surface area contributed by atoms with Gasteiger partial charge in [0.1, 0.15) is 12.6 Å². The van der Waals surface area contributed by atoms with E-state index in [2.05, 4.69) is 10.3 Å². The van der Waals surface area contributed by atoms with Crippen LogP contribution in [0.5, 0.6) is 0 Å². The molecule has 0 saturated carbocycles. The van der Waals surface area contributed by atoms with Gasteiger partial charge < -0.3 is 16.6 Å². The van der Waals surface area contributed by atoms with Crippen LogP contribution in [0.25, 0.3) is 0 Å². The van der Waals surface area contributed by atoms with Gasteiger partial charge in [-0.1, -0.05) is 19.9 Å². The number of carbonyl (C=O) groups is 2. The van der Waals surface area contributed by atoms with E-state index in [4.69, 9.17) is 9.84 Å². The first-order chi connectivity index (χ1) is 8.50. The largest absolute Gasteiger partial charge is 1.00 e. The van der Waals surface area contributed by atoms with Crippen LogP contribution in [0.4, 0.5) is 4.79 Å². The molecule has 1 aromatic heterocycles. The van der Waals surface area contributed by atoms with E-state index in [0.29, 0.717) is 0 Å². The SMILES string of the molecule is CC(C)[C@H](NC(=O)OCc1cccnc1)C(=O)O.[H-].[Li+]. The average Bonchev–Trinajstić information content (AvgIpc) is 2.34. The second-order valence-corrected chi connectivity index (χ2v) is 4.14. The van der Waals surface area contributed by atoms with Gasteiger partial charge in [0.15, 0.2) is 0 Å². The summed E-state index contributed by atoms with van der Waals surface area (Å²) in [6, 6.07) is 2.54. The summed E-state index contributed by atoms with van der Waals surface area (Å²) in [5, 5.41) is 11.2. The van der Waals surface area contributed by atoms with Crippen molar-refractivity contribution in [2.75, 3.05) is 0 Å². The van der Waals surface area contributed by atoms with Crippen LogP contribution >= 0.6 is 0 Å². The summed E-state index contributed by atoms with van der Waals surface area (Å²) < 4.78 is 4.91. The standard InChI is InChI=1S/C12H16N2O4.Li.H/c1-8(2)10(11(15)16)14-12(17)18-7-9-4-3-5-13-6-9;;/h3-6,8,10H,7H2,1-2H3,(H,14,17)(H,15,16);;/q;+1;-1/t10-;;/m0../s1. The minimum atomic E-state index is -1.08. The van der Waals surface area contributed by atoms with E-state index in [1.807, 2.05) is 0 Å². The Morgan fingerprint density at radius 2 is 2.21 bits per heavy atom. The maximum atomic E-state index is 11.4. The summed E-state index contributed by atoms with van der Waals surface area (Å²) in [7, 11) is 0. The van der Waals surface area contributed by atoms with E-state index in [1.54, 1.807) is 38.4 Å². The molecule has 1 amide bonds. The third kappa shape index (κ3) is 6.27. The molecule has 0 fully saturated rings. The number of rotatable bonds is 5. The molecule has 2 N–H and O–H groups in total. The van der Waals surface area contributed by atoms with Gasteiger partial charge in [-0.2, -0.15) is 0 Å². The maximum absolute atomic E-state index is 11.4. The molecular formula is C12H17LiN2O4. The van der Waals surface area contributed by atoms with Crippen molar-refractivity contribution in [3.8, 4) is 0 Å². The van der Waals surface area contributed by atoms with Gasteiger partial charge in [0, 0.05) is 18.0 Å². The monoisotopic (exact) mass is 260 g/mol. The molecule has 0 unspecified atom stereocenters. The van der Waals surface area contributed by atoms with Crippen LogP contribution < -0.4 is 24.2 Å². The molecule has 1 atom stereocenters. The molecule has 0 radical (unpaired) electrons. The first-order valence-corrected chi connectivity index (χ1v) is 5.55. The minimum absolute atomic E-state index is 0. The molecule has 0 aliphatic heterocycles. The van der Waals surface area contributed by atoms with Crippen molar-refractivity contribution in [1.29, 1.82) is 0 Å². The van der Waals surface area contributed by atoms with Gasteiger partial charge in [0.2, 0.25) is 0 Å². The quantitative estimate of drug-likeness (QED) is 0.631. The van der Waals surface area contributed by atoms with E-state index in [0.717, 1.165) is 5.56 Å². The van der Waals surface area contributed by atoms with Gasteiger partial charge in [-0.15, -0.1) is 0 Å². The van der Waals surface area contributed by atoms with Gasteiger partial charge in [-0.05, 0) is 12.0 Å². The first-order valence-electron chi connectivity index (χ1n) is 5.55.